The zero-order valence-electron chi connectivity index (χ0n) is 10.4. The van der Waals surface area contributed by atoms with Gasteiger partial charge < -0.3 is 17.7 Å². The third-order valence-corrected chi connectivity index (χ3v) is 8.26. The van der Waals surface area contributed by atoms with Gasteiger partial charge in [-0.05, 0) is 27.2 Å². The largest absolute Gasteiger partial charge is 0.495 e. The molecule has 0 N–H and O–H groups in total. The molecule has 0 aromatic carbocycles. The van der Waals surface area contributed by atoms with Crippen LogP contribution in [-0.2, 0) is 17.7 Å². The molecule has 0 rings (SSSR count). The van der Waals surface area contributed by atoms with E-state index in [4.69, 9.17) is 17.7 Å². The van der Waals surface area contributed by atoms with Crippen molar-refractivity contribution in [2.75, 3.05) is 26.4 Å². The van der Waals surface area contributed by atoms with Crippen LogP contribution in [0, 0.1) is 0 Å². The summed E-state index contributed by atoms with van der Waals surface area (Å²) in [6.45, 7) is 10.7. The van der Waals surface area contributed by atoms with Crippen LogP contribution in [0.25, 0.3) is 0 Å². The van der Waals surface area contributed by atoms with Gasteiger partial charge in [0.2, 0.25) is 0 Å². The minimum atomic E-state index is -2.42. The summed E-state index contributed by atoms with van der Waals surface area (Å²) in [6, 6.07) is 0. The molecule has 15 heavy (non-hydrogen) atoms. The van der Waals surface area contributed by atoms with E-state index in [9.17, 15) is 0 Å². The smallest absolute Gasteiger partial charge is 0.418 e. The number of hydrogen-bond acceptors (Lipinski definition) is 4. The first-order valence-corrected chi connectivity index (χ1v) is 10.4. The molecule has 0 amide bonds. The average Bonchev–Trinajstić information content (AvgIpc) is 2.19. The van der Waals surface area contributed by atoms with Crippen molar-refractivity contribution in [2.24, 2.45) is 0 Å². The Morgan fingerprint density at radius 1 is 0.867 bits per heavy atom. The van der Waals surface area contributed by atoms with Gasteiger partial charge in [-0.15, -0.1) is 0 Å². The van der Waals surface area contributed by atoms with Gasteiger partial charge in [0.25, 0.3) is 9.28 Å². The van der Waals surface area contributed by atoms with Crippen LogP contribution in [0.4, 0.5) is 0 Å². The zero-order valence-corrected chi connectivity index (χ0v) is 12.8. The Balaban J connectivity index is 4.18. The Kier molecular flexibility index (Phi) is 9.67. The summed E-state index contributed by atoms with van der Waals surface area (Å²) in [4.78, 5) is 0. The highest BCUT2D eigenvalue weighted by Crippen LogP contribution is 2.08. The molecule has 0 aromatic heterocycles. The summed E-state index contributed by atoms with van der Waals surface area (Å²) >= 11 is 0. The highest BCUT2D eigenvalue weighted by atomic mass is 29.2. The van der Waals surface area contributed by atoms with Gasteiger partial charge in [-0.2, -0.15) is 0 Å². The second kappa shape index (κ2) is 9.50. The maximum absolute atomic E-state index is 5.69. The summed E-state index contributed by atoms with van der Waals surface area (Å²) < 4.78 is 22.7. The molecule has 0 unspecified atom stereocenters. The minimum absolute atomic E-state index is 0.634. The fourth-order valence-corrected chi connectivity index (χ4v) is 7.52. The SMILES string of the molecule is CCCO[SiH2][Si](OCC)(OCC)OCC. The number of hydrogen-bond donors (Lipinski definition) is 0. The summed E-state index contributed by atoms with van der Waals surface area (Å²) in [5.41, 5.74) is 0. The summed E-state index contributed by atoms with van der Waals surface area (Å²) in [5, 5.41) is 0. The highest BCUT2D eigenvalue weighted by Gasteiger charge is 2.41. The van der Waals surface area contributed by atoms with E-state index in [1.807, 2.05) is 20.8 Å². The Morgan fingerprint density at radius 2 is 1.33 bits per heavy atom. The van der Waals surface area contributed by atoms with Crippen molar-refractivity contribution in [3.05, 3.63) is 0 Å². The monoisotopic (exact) mass is 252 g/mol. The van der Waals surface area contributed by atoms with Gasteiger partial charge in [0.05, 0.1) is 0 Å². The quantitative estimate of drug-likeness (QED) is 0.430. The van der Waals surface area contributed by atoms with E-state index < -0.39 is 17.6 Å². The molecule has 0 saturated carbocycles. The molecule has 4 nitrogen and oxygen atoms in total. The third kappa shape index (κ3) is 6.44. The standard InChI is InChI=1S/C9H24O4Si2/c1-5-9-10-14-15(11-6-2,12-7-3)13-8-4/h5-9,14H2,1-4H3. The van der Waals surface area contributed by atoms with Gasteiger partial charge in [-0.25, -0.2) is 0 Å². The molecular formula is C9H24O4Si2. The molecule has 0 spiro atoms. The predicted octanol–water partition coefficient (Wildman–Crippen LogP) is 1.04. The molecule has 0 atom stereocenters. The topological polar surface area (TPSA) is 36.9 Å². The highest BCUT2D eigenvalue weighted by molar-refractivity contribution is 7.12. The molecule has 92 valence electrons. The lowest BCUT2D eigenvalue weighted by Gasteiger charge is -2.27. The lowest BCUT2D eigenvalue weighted by molar-refractivity contribution is 0.0874. The molecule has 0 fully saturated rings. The average molecular weight is 252 g/mol. The molecule has 6 heteroatoms. The fraction of sp³-hybridized carbons (Fsp3) is 1.00. The lowest BCUT2D eigenvalue weighted by Crippen LogP contribution is -2.53. The van der Waals surface area contributed by atoms with Crippen LogP contribution in [0.5, 0.6) is 0 Å². The molecule has 0 saturated heterocycles. The second-order valence-electron chi connectivity index (χ2n) is 3.03. The maximum atomic E-state index is 5.69. The molecular weight excluding hydrogens is 228 g/mol. The Morgan fingerprint density at radius 3 is 1.67 bits per heavy atom. The van der Waals surface area contributed by atoms with Gasteiger partial charge >= 0.3 is 8.32 Å². The number of rotatable bonds is 10. The van der Waals surface area contributed by atoms with E-state index in [0.717, 1.165) is 13.0 Å². The van der Waals surface area contributed by atoms with Gasteiger partial charge in [-0.1, -0.05) is 6.92 Å². The second-order valence-corrected chi connectivity index (χ2v) is 9.43. The van der Waals surface area contributed by atoms with Crippen LogP contribution >= 0.6 is 0 Å². The van der Waals surface area contributed by atoms with Crippen molar-refractivity contribution in [3.8, 4) is 0 Å². The van der Waals surface area contributed by atoms with E-state index in [2.05, 4.69) is 6.92 Å². The Hall–Kier alpha value is 0.274. The third-order valence-electron chi connectivity index (χ3n) is 1.72. The first kappa shape index (κ1) is 15.3. The van der Waals surface area contributed by atoms with Crippen LogP contribution in [0.15, 0.2) is 0 Å². The summed E-state index contributed by atoms with van der Waals surface area (Å²) in [6.07, 6.45) is 1.03. The molecule has 0 bridgehead atoms. The molecule has 0 aliphatic heterocycles. The minimum Gasteiger partial charge on any atom is -0.418 e. The molecule has 0 aliphatic carbocycles. The molecule has 0 aliphatic rings. The van der Waals surface area contributed by atoms with E-state index in [1.165, 1.54) is 0 Å². The molecule has 0 heterocycles. The predicted molar refractivity (Wildman–Crippen MR) is 65.4 cm³/mol. The van der Waals surface area contributed by atoms with Gasteiger partial charge in [-0.3, -0.25) is 0 Å². The van der Waals surface area contributed by atoms with E-state index in [0.29, 0.717) is 19.8 Å². The van der Waals surface area contributed by atoms with Gasteiger partial charge in [0.15, 0.2) is 0 Å². The summed E-state index contributed by atoms with van der Waals surface area (Å²) in [5.74, 6) is 0. The van der Waals surface area contributed by atoms with Gasteiger partial charge in [0, 0.05) is 26.4 Å². The van der Waals surface area contributed by atoms with Crippen molar-refractivity contribution < 1.29 is 17.7 Å². The molecule has 0 aromatic rings. The van der Waals surface area contributed by atoms with E-state index in [1.54, 1.807) is 0 Å². The first-order valence-electron chi connectivity index (χ1n) is 5.74. The Labute approximate surface area is 96.4 Å². The van der Waals surface area contributed by atoms with Crippen LogP contribution in [0.1, 0.15) is 34.1 Å². The first-order chi connectivity index (χ1) is 7.24. The van der Waals surface area contributed by atoms with Gasteiger partial charge in [0.1, 0.15) is 0 Å². The fourth-order valence-electron chi connectivity index (χ4n) is 1.25. The maximum Gasteiger partial charge on any atom is 0.495 e. The van der Waals surface area contributed by atoms with Crippen LogP contribution in [0.3, 0.4) is 0 Å². The van der Waals surface area contributed by atoms with Crippen molar-refractivity contribution >= 4 is 17.6 Å². The van der Waals surface area contributed by atoms with Crippen LogP contribution in [0.2, 0.25) is 0 Å². The van der Waals surface area contributed by atoms with Crippen molar-refractivity contribution in [1.29, 1.82) is 0 Å². The Bertz CT molecular complexity index is 129. The van der Waals surface area contributed by atoms with Crippen molar-refractivity contribution in [3.63, 3.8) is 0 Å². The normalized spacial score (nSPS) is 12.8. The molecule has 0 radical (unpaired) electrons. The van der Waals surface area contributed by atoms with Crippen LogP contribution < -0.4 is 0 Å². The summed E-state index contributed by atoms with van der Waals surface area (Å²) in [7, 11) is -3.27. The lowest BCUT2D eigenvalue weighted by atomic mass is 10.5. The van der Waals surface area contributed by atoms with Crippen LogP contribution in [-0.4, -0.2) is 44.0 Å². The van der Waals surface area contributed by atoms with Crippen molar-refractivity contribution in [2.45, 2.75) is 34.1 Å². The van der Waals surface area contributed by atoms with E-state index in [-0.39, 0.29) is 0 Å². The van der Waals surface area contributed by atoms with E-state index >= 15 is 0 Å². The zero-order chi connectivity index (χ0) is 11.6. The van der Waals surface area contributed by atoms with Crippen molar-refractivity contribution in [1.82, 2.24) is 0 Å².